The van der Waals surface area contributed by atoms with Crippen LogP contribution >= 0.6 is 0 Å². The molecule has 4 aromatic heterocycles. The molecule has 6 rings (SSSR count). The van der Waals surface area contributed by atoms with E-state index in [0.717, 1.165) is 30.1 Å². The van der Waals surface area contributed by atoms with Crippen molar-refractivity contribution in [2.75, 3.05) is 0 Å². The minimum absolute atomic E-state index is 0. The summed E-state index contributed by atoms with van der Waals surface area (Å²) in [5.74, 6) is -2.76. The van der Waals surface area contributed by atoms with Crippen LogP contribution in [0.4, 0.5) is 17.6 Å². The van der Waals surface area contributed by atoms with Crippen LogP contribution in [0, 0.1) is 35.4 Å². The van der Waals surface area contributed by atoms with E-state index in [0.29, 0.717) is 0 Å². The third-order valence-corrected chi connectivity index (χ3v) is 4.52. The molecule has 0 N–H and O–H groups in total. The van der Waals surface area contributed by atoms with Gasteiger partial charge in [0.15, 0.2) is 11.6 Å². The molecule has 0 amide bonds. The van der Waals surface area contributed by atoms with Crippen molar-refractivity contribution in [3.8, 4) is 17.2 Å². The van der Waals surface area contributed by atoms with Crippen molar-refractivity contribution in [3.05, 3.63) is 139 Å². The van der Waals surface area contributed by atoms with Crippen LogP contribution in [0.2, 0.25) is 0 Å². The fourth-order valence-electron chi connectivity index (χ4n) is 2.92. The number of hydrogen-bond donors (Lipinski definition) is 0. The van der Waals surface area contributed by atoms with Crippen LogP contribution in [0.25, 0.3) is 17.2 Å². The van der Waals surface area contributed by atoms with Crippen molar-refractivity contribution < 1.29 is 37.7 Å². The van der Waals surface area contributed by atoms with E-state index in [1.54, 1.807) is 29.2 Å². The molecule has 4 heterocycles. The van der Waals surface area contributed by atoms with E-state index >= 15 is 0 Å². The first kappa shape index (κ1) is 28.2. The van der Waals surface area contributed by atoms with Crippen LogP contribution < -0.4 is 0 Å². The topological polar surface area (TPSA) is 66.3 Å². The summed E-state index contributed by atoms with van der Waals surface area (Å²) >= 11 is 0. The first-order valence-electron chi connectivity index (χ1n) is 10.7. The Morgan fingerprint density at radius 3 is 1.84 bits per heavy atom. The van der Waals surface area contributed by atoms with Crippen molar-refractivity contribution in [3.63, 3.8) is 0 Å². The molecule has 195 valence electrons. The molecule has 0 aliphatic heterocycles. The first-order valence-corrected chi connectivity index (χ1v) is 10.7. The van der Waals surface area contributed by atoms with E-state index in [9.17, 15) is 17.6 Å². The van der Waals surface area contributed by atoms with Crippen molar-refractivity contribution >= 4 is 0 Å². The Morgan fingerprint density at radius 1 is 0.658 bits per heavy atom. The molecule has 7 nitrogen and oxygen atoms in total. The van der Waals surface area contributed by atoms with Crippen molar-refractivity contribution in [1.29, 1.82) is 0 Å². The Labute approximate surface area is 228 Å². The summed E-state index contributed by atoms with van der Waals surface area (Å²) in [5, 5.41) is 11.6. The zero-order chi connectivity index (χ0) is 26.0. The van der Waals surface area contributed by atoms with Gasteiger partial charge in [0.2, 0.25) is 0 Å². The largest absolute Gasteiger partial charge is 0.284 e. The van der Waals surface area contributed by atoms with Gasteiger partial charge in [-0.1, -0.05) is 0 Å². The van der Waals surface area contributed by atoms with Gasteiger partial charge < -0.3 is 0 Å². The fraction of sp³-hybridized carbons (Fsp3) is 0. The zero-order valence-corrected chi connectivity index (χ0v) is 21.7. The normalized spacial score (nSPS) is 9.89. The van der Waals surface area contributed by atoms with Gasteiger partial charge in [-0.2, -0.15) is 45.6 Å². The van der Waals surface area contributed by atoms with Crippen LogP contribution in [0.3, 0.4) is 0 Å². The second kappa shape index (κ2) is 13.8. The minimum Gasteiger partial charge on any atom is -0.284 e. The first-order chi connectivity index (χ1) is 18.0. The molecule has 38 heavy (non-hydrogen) atoms. The predicted molar refractivity (Wildman–Crippen MR) is 126 cm³/mol. The van der Waals surface area contributed by atoms with Crippen LogP contribution in [0.1, 0.15) is 0 Å². The average Bonchev–Trinajstić information content (AvgIpc) is 3.70. The van der Waals surface area contributed by atoms with Crippen molar-refractivity contribution in [1.82, 2.24) is 34.3 Å². The van der Waals surface area contributed by atoms with E-state index in [2.05, 4.69) is 32.4 Å². The maximum Gasteiger partial charge on any atom is 0.189 e. The van der Waals surface area contributed by atoms with E-state index in [-0.39, 0.29) is 31.6 Å². The van der Waals surface area contributed by atoms with Crippen LogP contribution in [0.15, 0.2) is 104 Å². The number of para-hydroxylation sites is 1. The average molecular weight is 696 g/mol. The quantitative estimate of drug-likeness (QED) is 0.190. The monoisotopic (exact) mass is 696 g/mol. The smallest absolute Gasteiger partial charge is 0.189 e. The Bertz CT molecular complexity index is 1430. The van der Waals surface area contributed by atoms with Crippen molar-refractivity contribution in [2.45, 2.75) is 0 Å². The van der Waals surface area contributed by atoms with Crippen LogP contribution in [-0.4, -0.2) is 34.3 Å². The number of nitrogens with zero attached hydrogens (tertiary/aromatic N) is 7. The molecule has 2 aromatic carbocycles. The number of rotatable bonds is 3. The molecule has 0 fully saturated rings. The van der Waals surface area contributed by atoms with Gasteiger partial charge in [-0.3, -0.25) is 18.1 Å². The summed E-state index contributed by atoms with van der Waals surface area (Å²) in [5.41, 5.74) is 1.09. The molecular formula is C26H17F4IrN7-2. The molecule has 0 atom stereocenters. The van der Waals surface area contributed by atoms with Gasteiger partial charge in [-0.15, -0.1) is 18.2 Å². The fourth-order valence-corrected chi connectivity index (χ4v) is 2.92. The summed E-state index contributed by atoms with van der Waals surface area (Å²) in [6.07, 6.45) is 10.7. The van der Waals surface area contributed by atoms with Gasteiger partial charge in [-0.05, 0) is 29.6 Å². The molecule has 1 radical (unpaired) electrons. The molecule has 6 aromatic rings. The van der Waals surface area contributed by atoms with Gasteiger partial charge >= 0.3 is 0 Å². The summed E-state index contributed by atoms with van der Waals surface area (Å²) in [6.45, 7) is 0. The Kier molecular flexibility index (Phi) is 10.2. The molecule has 12 heteroatoms. The van der Waals surface area contributed by atoms with Gasteiger partial charge in [0.05, 0.1) is 6.20 Å². The second-order valence-corrected chi connectivity index (χ2v) is 7.07. The summed E-state index contributed by atoms with van der Waals surface area (Å²) in [4.78, 5) is 3.57. The Hall–Kier alpha value is -4.41. The molecule has 0 spiro atoms. The summed E-state index contributed by atoms with van der Waals surface area (Å²) in [6, 6.07) is 21.1. The number of hydrogen-bond acceptors (Lipinski definition) is 4. The number of benzene rings is 2. The molecule has 0 saturated carbocycles. The Morgan fingerprint density at radius 2 is 1.29 bits per heavy atom. The summed E-state index contributed by atoms with van der Waals surface area (Å²) < 4.78 is 55.4. The number of halogens is 4. The third kappa shape index (κ3) is 7.55. The van der Waals surface area contributed by atoms with E-state index in [4.69, 9.17) is 0 Å². The van der Waals surface area contributed by atoms with Gasteiger partial charge in [0, 0.05) is 75.0 Å². The zero-order valence-electron chi connectivity index (χ0n) is 19.3. The van der Waals surface area contributed by atoms with Crippen LogP contribution in [-0.2, 0) is 20.1 Å². The molecular weight excluding hydrogens is 679 g/mol. The molecule has 0 saturated heterocycles. The van der Waals surface area contributed by atoms with Crippen LogP contribution in [0.5, 0.6) is 0 Å². The molecule has 0 aliphatic carbocycles. The number of pyridine rings is 1. The minimum atomic E-state index is -0.733. The third-order valence-electron chi connectivity index (χ3n) is 4.52. The van der Waals surface area contributed by atoms with Gasteiger partial charge in [0.25, 0.3) is 0 Å². The van der Waals surface area contributed by atoms with E-state index in [1.807, 2.05) is 36.5 Å². The van der Waals surface area contributed by atoms with Gasteiger partial charge in [-0.25, -0.2) is 18.4 Å². The standard InChI is InChI=1S/C9H5F2N2.C9H7N2.C8H5F2N3.Ir/c10-7-2-3-9(8(11)6-7)13-5-1-4-12-13;1-2-5-9(6-3-1)11-8-4-7-10-11;9-6-4-7(10)8(11-5-6)13-3-1-2-12-13;/h1-2,4-6H;1-5,7-8H;1-5H;/q2*-1;;. The molecule has 0 aliphatic rings. The Balaban J connectivity index is 0.000000156. The van der Waals surface area contributed by atoms with E-state index < -0.39 is 23.3 Å². The second-order valence-electron chi connectivity index (χ2n) is 7.07. The maximum absolute atomic E-state index is 13.1. The van der Waals surface area contributed by atoms with E-state index in [1.165, 1.54) is 28.0 Å². The predicted octanol–water partition coefficient (Wildman–Crippen LogP) is 5.17. The maximum atomic E-state index is 13.1. The number of aromatic nitrogens is 7. The molecule has 0 bridgehead atoms. The SMILES string of the molecule is Fc1c[c-]c(-n2cccn2)c(F)c1.Fc1cnc(-n2cccn2)c(F)c1.[Ir].[c-]1ccccc1-n1cccn1. The van der Waals surface area contributed by atoms with Crippen molar-refractivity contribution in [2.24, 2.45) is 0 Å². The van der Waals surface area contributed by atoms with Gasteiger partial charge in [0.1, 0.15) is 5.82 Å². The summed E-state index contributed by atoms with van der Waals surface area (Å²) in [7, 11) is 0. The molecule has 0 unspecified atom stereocenters.